The molecule has 2 unspecified atom stereocenters. The molecular weight excluding hydrogens is 456 g/mol. The summed E-state index contributed by atoms with van der Waals surface area (Å²) in [6.07, 6.45) is 12.0. The van der Waals surface area contributed by atoms with Crippen LogP contribution in [0.3, 0.4) is 0 Å². The average Bonchev–Trinajstić information content (AvgIpc) is 3.30. The number of nitrogens with zero attached hydrogens (tertiary/aromatic N) is 3. The van der Waals surface area contributed by atoms with Crippen LogP contribution in [-0.2, 0) is 11.2 Å². The van der Waals surface area contributed by atoms with Gasteiger partial charge in [0.1, 0.15) is 17.3 Å². The van der Waals surface area contributed by atoms with Crippen molar-refractivity contribution in [3.63, 3.8) is 0 Å². The molecule has 2 aromatic rings. The normalized spacial score (nSPS) is 28.1. The molecule has 0 saturated carbocycles. The zero-order chi connectivity index (χ0) is 25.0. The number of imide groups is 1. The molecule has 188 valence electrons. The van der Waals surface area contributed by atoms with Gasteiger partial charge in [0.25, 0.3) is 5.91 Å². The van der Waals surface area contributed by atoms with Crippen molar-refractivity contribution >= 4 is 22.8 Å². The van der Waals surface area contributed by atoms with Gasteiger partial charge in [-0.3, -0.25) is 19.5 Å². The lowest BCUT2D eigenvalue weighted by Gasteiger charge is -2.43. The molecule has 0 radical (unpaired) electrons. The molecule has 3 aliphatic heterocycles. The first-order valence-electron chi connectivity index (χ1n) is 12.8. The molecule has 1 aliphatic carbocycles. The van der Waals surface area contributed by atoms with Crippen molar-refractivity contribution in [2.75, 3.05) is 26.2 Å². The fourth-order valence-electron chi connectivity index (χ4n) is 6.26. The van der Waals surface area contributed by atoms with Gasteiger partial charge < -0.3 is 15.2 Å². The zero-order valence-electron chi connectivity index (χ0n) is 20.5. The number of H-pyrrole nitrogens is 1. The average molecular weight is 489 g/mol. The Bertz CT molecular complexity index is 1320. The second-order valence-corrected chi connectivity index (χ2v) is 10.5. The number of aromatic amines is 1. The highest BCUT2D eigenvalue weighted by Crippen LogP contribution is 2.49. The number of carbonyl (C=O) groups is 2. The second kappa shape index (κ2) is 8.64. The summed E-state index contributed by atoms with van der Waals surface area (Å²) in [5.74, 6) is -0.0271. The van der Waals surface area contributed by atoms with Crippen LogP contribution < -0.4 is 0 Å². The third-order valence-electron chi connectivity index (χ3n) is 8.04. The number of aromatic nitrogens is 1. The summed E-state index contributed by atoms with van der Waals surface area (Å²) in [5.41, 5.74) is 2.35. The van der Waals surface area contributed by atoms with Gasteiger partial charge in [0, 0.05) is 49.2 Å². The van der Waals surface area contributed by atoms with Crippen molar-refractivity contribution in [1.82, 2.24) is 19.7 Å². The Morgan fingerprint density at radius 1 is 1.17 bits per heavy atom. The molecule has 1 saturated heterocycles. The molecule has 6 rings (SSSR count). The van der Waals surface area contributed by atoms with Gasteiger partial charge in [0.05, 0.1) is 6.10 Å². The largest absolute Gasteiger partial charge is 0.508 e. The molecule has 3 atom stereocenters. The summed E-state index contributed by atoms with van der Waals surface area (Å²) in [6, 6.07) is 4.34. The van der Waals surface area contributed by atoms with Crippen LogP contribution in [0.15, 0.2) is 54.2 Å². The van der Waals surface area contributed by atoms with E-state index in [9.17, 15) is 19.8 Å². The van der Waals surface area contributed by atoms with E-state index in [1.54, 1.807) is 23.1 Å². The van der Waals surface area contributed by atoms with Gasteiger partial charge >= 0.3 is 6.03 Å². The summed E-state index contributed by atoms with van der Waals surface area (Å²) < 4.78 is 0. The van der Waals surface area contributed by atoms with Crippen LogP contribution in [0.2, 0.25) is 0 Å². The number of hydrogen-bond donors (Lipinski definition) is 3. The molecule has 1 aromatic heterocycles. The first-order chi connectivity index (χ1) is 17.4. The molecule has 0 bridgehead atoms. The van der Waals surface area contributed by atoms with Crippen molar-refractivity contribution in [2.45, 2.75) is 50.3 Å². The van der Waals surface area contributed by atoms with Gasteiger partial charge in [-0.1, -0.05) is 30.4 Å². The zero-order valence-corrected chi connectivity index (χ0v) is 20.5. The van der Waals surface area contributed by atoms with E-state index in [0.717, 1.165) is 60.2 Å². The smallest absolute Gasteiger partial charge is 0.328 e. The fraction of sp³-hybridized carbons (Fsp3) is 0.429. The summed E-state index contributed by atoms with van der Waals surface area (Å²) in [6.45, 7) is 4.98. The topological polar surface area (TPSA) is 100 Å². The van der Waals surface area contributed by atoms with Crippen molar-refractivity contribution in [1.29, 1.82) is 0 Å². The summed E-state index contributed by atoms with van der Waals surface area (Å²) in [7, 11) is 0. The number of aliphatic hydroxyl groups excluding tert-OH is 1. The van der Waals surface area contributed by atoms with Crippen LogP contribution in [0.4, 0.5) is 4.79 Å². The lowest BCUT2D eigenvalue weighted by Crippen LogP contribution is -2.53. The Balaban J connectivity index is 1.38. The van der Waals surface area contributed by atoms with Crippen molar-refractivity contribution < 1.29 is 19.8 Å². The number of carbonyl (C=O) groups excluding carboxylic acids is 2. The second-order valence-electron chi connectivity index (χ2n) is 10.5. The number of fused-ring (bicyclic) bond motifs is 4. The lowest BCUT2D eigenvalue weighted by molar-refractivity contribution is -0.133. The minimum atomic E-state index is -1.06. The number of amides is 3. The van der Waals surface area contributed by atoms with Crippen LogP contribution >= 0.6 is 0 Å². The molecule has 0 spiro atoms. The van der Waals surface area contributed by atoms with E-state index in [0.29, 0.717) is 19.4 Å². The molecule has 8 nitrogen and oxygen atoms in total. The molecular formula is C28H32N4O4. The van der Waals surface area contributed by atoms with Gasteiger partial charge in [-0.2, -0.15) is 0 Å². The minimum absolute atomic E-state index is 0.156. The fourth-order valence-corrected chi connectivity index (χ4v) is 6.26. The first kappa shape index (κ1) is 23.1. The molecule has 8 heteroatoms. The van der Waals surface area contributed by atoms with E-state index in [-0.39, 0.29) is 17.7 Å². The number of phenols is 1. The standard InChI is InChI=1S/C28H32N4O4/c1-28-17-22-21-16-20(34)9-10-23(21)29-24(22)25(18-7-5-8-19(33)15-18)32(28)27(36)31(26(28)35)14-6-13-30-11-3-2-4-12-30/h2-3,5,7,9-10,15-16,19,25,29,33-34H,4,6,8,11-14,17H2,1H3/t19?,25-,28?/m1/s1. The van der Waals surface area contributed by atoms with Gasteiger partial charge in [0.15, 0.2) is 0 Å². The Hall–Kier alpha value is -3.36. The quantitative estimate of drug-likeness (QED) is 0.443. The van der Waals surface area contributed by atoms with E-state index in [4.69, 9.17) is 0 Å². The van der Waals surface area contributed by atoms with Crippen molar-refractivity contribution in [2.24, 2.45) is 0 Å². The van der Waals surface area contributed by atoms with Gasteiger partial charge in [-0.15, -0.1) is 0 Å². The van der Waals surface area contributed by atoms with E-state index >= 15 is 0 Å². The number of hydrogen-bond acceptors (Lipinski definition) is 5. The van der Waals surface area contributed by atoms with Crippen LogP contribution in [-0.4, -0.2) is 79.7 Å². The van der Waals surface area contributed by atoms with Crippen LogP contribution in [0, 0.1) is 0 Å². The number of rotatable bonds is 5. The number of phenolic OH excluding ortho intramolecular Hbond substituents is 1. The maximum atomic E-state index is 13.9. The predicted octanol–water partition coefficient (Wildman–Crippen LogP) is 3.39. The maximum absolute atomic E-state index is 13.9. The summed E-state index contributed by atoms with van der Waals surface area (Å²) in [5, 5.41) is 21.4. The maximum Gasteiger partial charge on any atom is 0.328 e. The molecule has 4 aliphatic rings. The molecule has 1 fully saturated rings. The van der Waals surface area contributed by atoms with E-state index in [2.05, 4.69) is 22.0 Å². The predicted molar refractivity (Wildman–Crippen MR) is 136 cm³/mol. The summed E-state index contributed by atoms with van der Waals surface area (Å²) in [4.78, 5) is 36.7. The third kappa shape index (κ3) is 3.59. The Kier molecular flexibility index (Phi) is 5.53. The highest BCUT2D eigenvalue weighted by Gasteiger charge is 2.60. The van der Waals surface area contributed by atoms with E-state index in [1.807, 2.05) is 25.1 Å². The molecule has 36 heavy (non-hydrogen) atoms. The van der Waals surface area contributed by atoms with Crippen LogP contribution in [0.25, 0.3) is 10.9 Å². The van der Waals surface area contributed by atoms with Crippen molar-refractivity contribution in [3.05, 3.63) is 65.4 Å². The Morgan fingerprint density at radius 2 is 2.03 bits per heavy atom. The number of aliphatic hydroxyl groups is 1. The SMILES string of the molecule is CC12Cc3c([nH]c4ccc(O)cc34)[C@@H](C3=CC(O)CC=C3)N1C(=O)N(CCCN1CC=CCC1)C2=O. The Labute approximate surface area is 210 Å². The third-order valence-corrected chi connectivity index (χ3v) is 8.04. The number of nitrogens with one attached hydrogen (secondary N) is 1. The molecule has 1 aromatic carbocycles. The van der Waals surface area contributed by atoms with Crippen LogP contribution in [0.1, 0.15) is 43.5 Å². The number of urea groups is 1. The van der Waals surface area contributed by atoms with Crippen molar-refractivity contribution in [3.8, 4) is 5.75 Å². The van der Waals surface area contributed by atoms with Gasteiger partial charge in [0.2, 0.25) is 0 Å². The molecule has 3 N–H and O–H groups in total. The lowest BCUT2D eigenvalue weighted by atomic mass is 9.80. The minimum Gasteiger partial charge on any atom is -0.508 e. The van der Waals surface area contributed by atoms with E-state index in [1.165, 1.54) is 4.90 Å². The number of aromatic hydroxyl groups is 1. The summed E-state index contributed by atoms with van der Waals surface area (Å²) >= 11 is 0. The Morgan fingerprint density at radius 3 is 2.81 bits per heavy atom. The first-order valence-corrected chi connectivity index (χ1v) is 12.8. The monoisotopic (exact) mass is 488 g/mol. The molecule has 4 heterocycles. The highest BCUT2D eigenvalue weighted by molar-refractivity contribution is 6.08. The van der Waals surface area contributed by atoms with Crippen LogP contribution in [0.5, 0.6) is 5.75 Å². The highest BCUT2D eigenvalue weighted by atomic mass is 16.3. The number of benzene rings is 1. The van der Waals surface area contributed by atoms with Gasteiger partial charge in [-0.25, -0.2) is 4.79 Å². The van der Waals surface area contributed by atoms with E-state index < -0.39 is 17.7 Å². The van der Waals surface area contributed by atoms with Gasteiger partial charge in [-0.05, 0) is 55.5 Å². The molecule has 3 amide bonds.